The van der Waals surface area contributed by atoms with Gasteiger partial charge in [0.05, 0.1) is 5.39 Å². The number of thiophene rings is 1. The Morgan fingerprint density at radius 2 is 2.08 bits per heavy atom. The summed E-state index contributed by atoms with van der Waals surface area (Å²) in [6, 6.07) is 0.0398. The van der Waals surface area contributed by atoms with E-state index in [2.05, 4.69) is 15.3 Å². The molecule has 0 saturated heterocycles. The fourth-order valence-corrected chi connectivity index (χ4v) is 3.59. The number of ether oxygens (including phenoxy) is 1. The van der Waals surface area contributed by atoms with E-state index in [1.165, 1.54) is 0 Å². The molecule has 0 radical (unpaired) electrons. The van der Waals surface area contributed by atoms with Crippen molar-refractivity contribution in [1.82, 2.24) is 15.3 Å². The van der Waals surface area contributed by atoms with E-state index in [1.807, 2.05) is 13.8 Å². The van der Waals surface area contributed by atoms with Crippen LogP contribution in [0.1, 0.15) is 47.7 Å². The Morgan fingerprint density at radius 1 is 1.38 bits per heavy atom. The predicted molar refractivity (Wildman–Crippen MR) is 92.5 cm³/mol. The standard InChI is InChI=1S/C16H21N3O4S/c1-5-6-8(2)17-11(20)7-23-16(22)13-9(3)12-14(21)18-10(4)19-15(12)24-13/h8H,5-7H2,1-4H3,(H,17,20)(H,18,19,21)/t8-/m0/s1. The van der Waals surface area contributed by atoms with Crippen LogP contribution in [0, 0.1) is 13.8 Å². The molecule has 2 rings (SSSR count). The normalized spacial score (nSPS) is 12.2. The van der Waals surface area contributed by atoms with Gasteiger partial charge in [0, 0.05) is 6.04 Å². The van der Waals surface area contributed by atoms with E-state index in [9.17, 15) is 14.4 Å². The second-order valence-corrected chi connectivity index (χ2v) is 6.72. The second-order valence-electron chi connectivity index (χ2n) is 5.72. The number of hydrogen-bond donors (Lipinski definition) is 2. The van der Waals surface area contributed by atoms with Crippen molar-refractivity contribution in [3.8, 4) is 0 Å². The molecule has 0 aliphatic rings. The SMILES string of the molecule is CCC[C@H](C)NC(=O)COC(=O)c1sc2nc(C)[nH]c(=O)c2c1C. The zero-order valence-corrected chi connectivity index (χ0v) is 15.0. The third-order valence-corrected chi connectivity index (χ3v) is 4.73. The van der Waals surface area contributed by atoms with Crippen LogP contribution in [0.2, 0.25) is 0 Å². The number of H-pyrrole nitrogens is 1. The van der Waals surface area contributed by atoms with Crippen LogP contribution in [-0.2, 0) is 9.53 Å². The molecule has 1 atom stereocenters. The molecular formula is C16H21N3O4S. The lowest BCUT2D eigenvalue weighted by molar-refractivity contribution is -0.124. The number of amides is 1. The minimum Gasteiger partial charge on any atom is -0.451 e. The van der Waals surface area contributed by atoms with Gasteiger partial charge in [0.1, 0.15) is 15.5 Å². The van der Waals surface area contributed by atoms with Crippen molar-refractivity contribution < 1.29 is 14.3 Å². The van der Waals surface area contributed by atoms with Crippen LogP contribution in [0.4, 0.5) is 0 Å². The van der Waals surface area contributed by atoms with Crippen LogP contribution in [0.5, 0.6) is 0 Å². The van der Waals surface area contributed by atoms with Crippen molar-refractivity contribution in [1.29, 1.82) is 0 Å². The lowest BCUT2D eigenvalue weighted by atomic mass is 10.2. The van der Waals surface area contributed by atoms with Crippen molar-refractivity contribution in [3.05, 3.63) is 26.6 Å². The minimum absolute atomic E-state index is 0.0398. The van der Waals surface area contributed by atoms with Gasteiger partial charge in [-0.25, -0.2) is 9.78 Å². The first kappa shape index (κ1) is 18.1. The lowest BCUT2D eigenvalue weighted by Gasteiger charge is -2.12. The zero-order chi connectivity index (χ0) is 17.9. The van der Waals surface area contributed by atoms with Crippen molar-refractivity contribution in [2.75, 3.05) is 6.61 Å². The van der Waals surface area contributed by atoms with Crippen LogP contribution in [0.15, 0.2) is 4.79 Å². The molecule has 0 unspecified atom stereocenters. The van der Waals surface area contributed by atoms with Gasteiger partial charge in [-0.05, 0) is 32.8 Å². The Labute approximate surface area is 143 Å². The first-order valence-corrected chi connectivity index (χ1v) is 8.61. The minimum atomic E-state index is -0.620. The maximum atomic E-state index is 12.2. The molecule has 2 aromatic rings. The predicted octanol–water partition coefficient (Wildman–Crippen LogP) is 2.06. The first-order chi connectivity index (χ1) is 11.3. The van der Waals surface area contributed by atoms with Crippen molar-refractivity contribution in [2.24, 2.45) is 0 Å². The highest BCUT2D eigenvalue weighted by Crippen LogP contribution is 2.27. The molecule has 7 nitrogen and oxygen atoms in total. The number of nitrogens with one attached hydrogen (secondary N) is 2. The van der Waals surface area contributed by atoms with Gasteiger partial charge >= 0.3 is 5.97 Å². The van der Waals surface area contributed by atoms with Crippen molar-refractivity contribution in [3.63, 3.8) is 0 Å². The van der Waals surface area contributed by atoms with E-state index >= 15 is 0 Å². The van der Waals surface area contributed by atoms with Crippen LogP contribution in [-0.4, -0.2) is 34.5 Å². The fourth-order valence-electron chi connectivity index (χ4n) is 2.46. The van der Waals surface area contributed by atoms with E-state index in [0.717, 1.165) is 24.2 Å². The van der Waals surface area contributed by atoms with E-state index in [0.29, 0.717) is 26.5 Å². The Kier molecular flexibility index (Phi) is 5.71. The number of aromatic amines is 1. The average Bonchev–Trinajstić information content (AvgIpc) is 2.82. The topological polar surface area (TPSA) is 101 Å². The number of aromatic nitrogens is 2. The molecule has 8 heteroatoms. The zero-order valence-electron chi connectivity index (χ0n) is 14.2. The number of rotatable bonds is 6. The van der Waals surface area contributed by atoms with Gasteiger partial charge in [0.25, 0.3) is 11.5 Å². The van der Waals surface area contributed by atoms with Crippen molar-refractivity contribution in [2.45, 2.75) is 46.6 Å². The van der Waals surface area contributed by atoms with Gasteiger partial charge in [-0.1, -0.05) is 13.3 Å². The summed E-state index contributed by atoms with van der Waals surface area (Å²) in [5.41, 5.74) is 0.241. The smallest absolute Gasteiger partial charge is 0.349 e. The second kappa shape index (κ2) is 7.57. The average molecular weight is 351 g/mol. The van der Waals surface area contributed by atoms with Gasteiger partial charge < -0.3 is 15.0 Å². The molecule has 0 spiro atoms. The molecule has 0 aromatic carbocycles. The van der Waals surface area contributed by atoms with Gasteiger partial charge in [-0.3, -0.25) is 9.59 Å². The maximum absolute atomic E-state index is 12.2. The molecule has 1 amide bonds. The number of esters is 1. The summed E-state index contributed by atoms with van der Waals surface area (Å²) in [4.78, 5) is 43.6. The van der Waals surface area contributed by atoms with E-state index in [4.69, 9.17) is 4.74 Å². The number of hydrogen-bond acceptors (Lipinski definition) is 6. The summed E-state index contributed by atoms with van der Waals surface area (Å²) < 4.78 is 5.07. The van der Waals surface area contributed by atoms with Gasteiger partial charge in [-0.15, -0.1) is 11.3 Å². The molecule has 0 bridgehead atoms. The van der Waals surface area contributed by atoms with E-state index < -0.39 is 5.97 Å². The number of carbonyl (C=O) groups excluding carboxylic acids is 2. The number of carbonyl (C=O) groups is 2. The van der Waals surface area contributed by atoms with Crippen LogP contribution in [0.25, 0.3) is 10.2 Å². The highest BCUT2D eigenvalue weighted by Gasteiger charge is 2.21. The molecule has 2 N–H and O–H groups in total. The molecule has 0 aliphatic carbocycles. The highest BCUT2D eigenvalue weighted by atomic mass is 32.1. The first-order valence-electron chi connectivity index (χ1n) is 7.80. The third kappa shape index (κ3) is 4.00. The number of fused-ring (bicyclic) bond motifs is 1. The molecule has 0 saturated carbocycles. The summed E-state index contributed by atoms with van der Waals surface area (Å²) in [5, 5.41) is 3.15. The lowest BCUT2D eigenvalue weighted by Crippen LogP contribution is -2.35. The summed E-state index contributed by atoms with van der Waals surface area (Å²) in [7, 11) is 0. The Bertz CT molecular complexity index is 825. The number of nitrogens with zero attached hydrogens (tertiary/aromatic N) is 1. The summed E-state index contributed by atoms with van der Waals surface area (Å²) in [5.74, 6) is -0.473. The quantitative estimate of drug-likeness (QED) is 0.776. The third-order valence-electron chi connectivity index (χ3n) is 3.57. The Balaban J connectivity index is 2.09. The molecule has 0 fully saturated rings. The van der Waals surface area contributed by atoms with Gasteiger partial charge in [-0.2, -0.15) is 0 Å². The summed E-state index contributed by atoms with van der Waals surface area (Å²) >= 11 is 1.10. The maximum Gasteiger partial charge on any atom is 0.349 e. The Morgan fingerprint density at radius 3 is 2.75 bits per heavy atom. The van der Waals surface area contributed by atoms with E-state index in [-0.39, 0.29) is 24.1 Å². The number of aryl methyl sites for hydroxylation is 2. The van der Waals surface area contributed by atoms with Crippen molar-refractivity contribution >= 4 is 33.4 Å². The molecule has 2 heterocycles. The molecule has 0 aliphatic heterocycles. The molecule has 2 aromatic heterocycles. The van der Waals surface area contributed by atoms with Crippen LogP contribution < -0.4 is 10.9 Å². The monoisotopic (exact) mass is 351 g/mol. The molecular weight excluding hydrogens is 330 g/mol. The van der Waals surface area contributed by atoms with Gasteiger partial charge in [0.2, 0.25) is 0 Å². The fraction of sp³-hybridized carbons (Fsp3) is 0.500. The summed E-state index contributed by atoms with van der Waals surface area (Å²) in [6.45, 7) is 6.94. The highest BCUT2D eigenvalue weighted by molar-refractivity contribution is 7.20. The van der Waals surface area contributed by atoms with Crippen LogP contribution >= 0.6 is 11.3 Å². The Hall–Kier alpha value is -2.22. The van der Waals surface area contributed by atoms with Crippen LogP contribution in [0.3, 0.4) is 0 Å². The molecule has 24 heavy (non-hydrogen) atoms. The largest absolute Gasteiger partial charge is 0.451 e. The van der Waals surface area contributed by atoms with E-state index in [1.54, 1.807) is 13.8 Å². The summed E-state index contributed by atoms with van der Waals surface area (Å²) in [6.07, 6.45) is 1.83. The molecule has 130 valence electrons. The van der Waals surface area contributed by atoms with Gasteiger partial charge in [0.15, 0.2) is 6.61 Å².